The van der Waals surface area contributed by atoms with E-state index in [1.165, 1.54) is 18.6 Å². The molecule has 3 unspecified atom stereocenters. The fourth-order valence-electron chi connectivity index (χ4n) is 7.59. The number of phenols is 1. The largest absolute Gasteiger partial charge is 0.508 e. The van der Waals surface area contributed by atoms with Gasteiger partial charge in [0.25, 0.3) is 5.91 Å². The minimum absolute atomic E-state index is 0.0116. The lowest BCUT2D eigenvalue weighted by Crippen LogP contribution is -2.55. The Bertz CT molecular complexity index is 1470. The quantitative estimate of drug-likeness (QED) is 0.124. The molecule has 1 aromatic carbocycles. The maximum atomic E-state index is 13.5. The molecule has 0 spiro atoms. The number of ether oxygens (including phenoxy) is 2. The Morgan fingerprint density at radius 3 is 2.00 bits per heavy atom. The summed E-state index contributed by atoms with van der Waals surface area (Å²) in [5, 5.41) is 14.5. The average molecular weight is 867 g/mol. The van der Waals surface area contributed by atoms with Crippen molar-refractivity contribution in [1.82, 2.24) is 30.1 Å². The smallest absolute Gasteiger partial charge is 0.254 e. The number of hydrogen-bond acceptors (Lipinski definition) is 10. The molecule has 8 atom stereocenters. The van der Waals surface area contributed by atoms with Crippen molar-refractivity contribution in [1.29, 1.82) is 0 Å². The number of nitrogens with zero attached hydrogens (tertiary/aromatic N) is 3. The summed E-state index contributed by atoms with van der Waals surface area (Å²) in [6.45, 7) is 17.2. The number of carbonyl (C=O) groups excluding carboxylic acids is 5. The molecule has 0 bridgehead atoms. The number of rotatable bonds is 22. The van der Waals surface area contributed by atoms with Crippen LogP contribution in [0, 0.1) is 17.8 Å². The highest BCUT2D eigenvalue weighted by molar-refractivity contribution is 7.84. The molecule has 5 amide bonds. The number of aromatic hydroxyl groups is 1. The van der Waals surface area contributed by atoms with Gasteiger partial charge in [-0.3, -0.25) is 33.6 Å². The molecule has 2 fully saturated rings. The van der Waals surface area contributed by atoms with Gasteiger partial charge >= 0.3 is 0 Å². The highest BCUT2D eigenvalue weighted by Crippen LogP contribution is 2.29. The number of likely N-dealkylation sites (tertiary alicyclic amines) is 1. The summed E-state index contributed by atoms with van der Waals surface area (Å²) in [5.74, 6) is -0.150. The first kappa shape index (κ1) is 54.4. The van der Waals surface area contributed by atoms with Crippen LogP contribution in [0.15, 0.2) is 24.3 Å². The second-order valence-corrected chi connectivity index (χ2v) is 18.3. The summed E-state index contributed by atoms with van der Waals surface area (Å²) in [6, 6.07) is 5.00. The SMILES string of the molecule is CCC.CC[C@H](C)C([C@@H](CC(=O)N1CCC[C@H]1[C@H](OC)C(C)C)OC)N(C)C(=O)CNC(=O)C(C(C)C)N(C)C.O=CN[C@@H](Cc1ccc(O)cc1)C(=O)NS(=O)C1CC1. The molecule has 60 heavy (non-hydrogen) atoms. The Balaban J connectivity index is 0.000000651. The first-order valence-corrected chi connectivity index (χ1v) is 22.8. The van der Waals surface area contributed by atoms with Crippen molar-refractivity contribution in [2.24, 2.45) is 17.8 Å². The molecule has 0 aromatic heterocycles. The number of carbonyl (C=O) groups is 5. The highest BCUT2D eigenvalue weighted by atomic mass is 32.2. The first-order valence-electron chi connectivity index (χ1n) is 21.6. The number of hydrogen-bond donors (Lipinski definition) is 4. The molecule has 15 nitrogen and oxygen atoms in total. The third kappa shape index (κ3) is 17.8. The molecule has 16 heteroatoms. The molecule has 1 aliphatic carbocycles. The van der Waals surface area contributed by atoms with E-state index in [-0.39, 0.29) is 84.2 Å². The van der Waals surface area contributed by atoms with Crippen molar-refractivity contribution >= 4 is 41.0 Å². The molecule has 1 aromatic rings. The minimum atomic E-state index is -1.37. The second kappa shape index (κ2) is 28.1. The van der Waals surface area contributed by atoms with Gasteiger partial charge in [0.2, 0.25) is 24.1 Å². The zero-order chi connectivity index (χ0) is 45.7. The zero-order valence-corrected chi connectivity index (χ0v) is 39.5. The number of phenolic OH excluding ortho intramolecular Hbond substituents is 1. The number of benzene rings is 1. The first-order chi connectivity index (χ1) is 28.3. The molecular formula is C44H78N6O9S. The number of nitrogens with one attached hydrogen (secondary N) is 3. The van der Waals surface area contributed by atoms with Gasteiger partial charge in [-0.2, -0.15) is 0 Å². The maximum Gasteiger partial charge on any atom is 0.254 e. The molecule has 3 rings (SSSR count). The fraction of sp³-hybridized carbons (Fsp3) is 0.750. The molecular weight excluding hydrogens is 789 g/mol. The van der Waals surface area contributed by atoms with E-state index in [1.807, 2.05) is 37.7 Å². The van der Waals surface area contributed by atoms with Gasteiger partial charge in [-0.15, -0.1) is 0 Å². The molecule has 1 saturated carbocycles. The third-order valence-electron chi connectivity index (χ3n) is 10.9. The zero-order valence-electron chi connectivity index (χ0n) is 38.7. The van der Waals surface area contributed by atoms with Crippen molar-refractivity contribution in [2.75, 3.05) is 48.5 Å². The number of methoxy groups -OCH3 is 2. The van der Waals surface area contributed by atoms with Crippen molar-refractivity contribution in [3.8, 4) is 5.75 Å². The molecule has 344 valence electrons. The Morgan fingerprint density at radius 1 is 0.933 bits per heavy atom. The molecule has 4 N–H and O–H groups in total. The standard InChI is InChI=1S/C28H54N4O5.C13H16N2O4S.C3H8/c1-12-20(6)26(31(9)24(34)17-29-28(35)25(18(2)3)30(7)8)22(36-10)16-23(33)32-15-13-14-21(32)27(37-11)19(4)5;16-8-14-12(7-9-1-3-10(17)4-2-9)13(18)15-20(19)11-5-6-11;1-3-2/h18-22,25-27H,12-17H2,1-11H3,(H,29,35);1-4,8,11-12,17H,5-7H2,(H,14,16)(H,15,18);3H2,1-2H3/t20-,21-,22+,25?,26?,27+;12-,20?;/m00./s1. The predicted octanol–water partition coefficient (Wildman–Crippen LogP) is 4.04. The van der Waals surface area contributed by atoms with E-state index in [1.54, 1.807) is 38.3 Å². The lowest BCUT2D eigenvalue weighted by atomic mass is 9.90. The molecule has 0 radical (unpaired) electrons. The summed E-state index contributed by atoms with van der Waals surface area (Å²) in [5.41, 5.74) is 0.787. The van der Waals surface area contributed by atoms with Crippen LogP contribution in [0.5, 0.6) is 5.75 Å². The van der Waals surface area contributed by atoms with Crippen LogP contribution in [-0.4, -0.2) is 144 Å². The Morgan fingerprint density at radius 2 is 1.53 bits per heavy atom. The summed E-state index contributed by atoms with van der Waals surface area (Å²) >= 11 is 0. The van der Waals surface area contributed by atoms with Crippen molar-refractivity contribution in [3.63, 3.8) is 0 Å². The van der Waals surface area contributed by atoms with Crippen LogP contribution in [0.4, 0.5) is 0 Å². The van der Waals surface area contributed by atoms with Gasteiger partial charge in [0, 0.05) is 34.2 Å². The van der Waals surface area contributed by atoms with Crippen molar-refractivity contribution in [2.45, 2.75) is 148 Å². The van der Waals surface area contributed by atoms with Crippen LogP contribution in [-0.2, 0) is 50.9 Å². The van der Waals surface area contributed by atoms with Crippen LogP contribution in [0.1, 0.15) is 106 Å². The predicted molar refractivity (Wildman–Crippen MR) is 237 cm³/mol. The molecule has 2 aliphatic rings. The van der Waals surface area contributed by atoms with E-state index >= 15 is 0 Å². The van der Waals surface area contributed by atoms with E-state index in [0.717, 1.165) is 37.7 Å². The monoisotopic (exact) mass is 867 g/mol. The minimum Gasteiger partial charge on any atom is -0.508 e. The van der Waals surface area contributed by atoms with Crippen molar-refractivity contribution in [3.05, 3.63) is 29.8 Å². The Kier molecular flexibility index (Phi) is 25.5. The summed E-state index contributed by atoms with van der Waals surface area (Å²) < 4.78 is 25.7. The van der Waals surface area contributed by atoms with Gasteiger partial charge in [-0.25, -0.2) is 4.21 Å². The lowest BCUT2D eigenvalue weighted by Gasteiger charge is -2.39. The summed E-state index contributed by atoms with van der Waals surface area (Å²) in [7, 11) is 7.40. The van der Waals surface area contributed by atoms with Gasteiger partial charge in [-0.1, -0.05) is 80.4 Å². The van der Waals surface area contributed by atoms with Crippen molar-refractivity contribution < 1.29 is 42.8 Å². The van der Waals surface area contributed by atoms with Crippen LogP contribution in [0.25, 0.3) is 0 Å². The molecule has 1 saturated heterocycles. The Labute approximate surface area is 363 Å². The van der Waals surface area contributed by atoms with Gasteiger partial charge < -0.3 is 35.0 Å². The van der Waals surface area contributed by atoms with Gasteiger partial charge in [0.05, 0.1) is 48.5 Å². The molecule has 1 aliphatic heterocycles. The molecule has 1 heterocycles. The highest BCUT2D eigenvalue weighted by Gasteiger charge is 2.40. The summed E-state index contributed by atoms with van der Waals surface area (Å²) in [4.78, 5) is 67.5. The lowest BCUT2D eigenvalue weighted by molar-refractivity contribution is -0.144. The average Bonchev–Trinajstić information content (AvgIpc) is 3.94. The van der Waals surface area contributed by atoms with Crippen LogP contribution in [0.2, 0.25) is 0 Å². The van der Waals surface area contributed by atoms with E-state index < -0.39 is 29.0 Å². The van der Waals surface area contributed by atoms with Gasteiger partial charge in [0.15, 0.2) is 0 Å². The van der Waals surface area contributed by atoms with Crippen LogP contribution < -0.4 is 15.4 Å². The van der Waals surface area contributed by atoms with E-state index in [4.69, 9.17) is 9.47 Å². The maximum absolute atomic E-state index is 13.5. The number of likely N-dealkylation sites (N-methyl/N-ethyl adjacent to an activating group) is 2. The number of amides is 5. The second-order valence-electron chi connectivity index (χ2n) is 16.8. The normalized spacial score (nSPS) is 18.4. The summed E-state index contributed by atoms with van der Waals surface area (Å²) in [6.07, 6.45) is 6.11. The van der Waals surface area contributed by atoms with E-state index in [2.05, 4.69) is 56.9 Å². The third-order valence-corrected chi connectivity index (χ3v) is 12.4. The topological polar surface area (TPSA) is 187 Å². The van der Waals surface area contributed by atoms with Gasteiger partial charge in [-0.05, 0) is 75.2 Å². The van der Waals surface area contributed by atoms with E-state index in [9.17, 15) is 33.3 Å². The van der Waals surface area contributed by atoms with Gasteiger partial charge in [0.1, 0.15) is 22.8 Å². The fourth-order valence-corrected chi connectivity index (χ4v) is 8.67. The Hall–Kier alpha value is -3.60. The van der Waals surface area contributed by atoms with Crippen LogP contribution in [0.3, 0.4) is 0 Å². The van der Waals surface area contributed by atoms with Crippen LogP contribution >= 0.6 is 0 Å². The van der Waals surface area contributed by atoms with E-state index in [0.29, 0.717) is 18.9 Å².